The molecule has 21 heavy (non-hydrogen) atoms. The van der Waals surface area contributed by atoms with Crippen molar-refractivity contribution >= 4 is 15.7 Å². The summed E-state index contributed by atoms with van der Waals surface area (Å²) < 4.78 is 26.5. The lowest BCUT2D eigenvalue weighted by molar-refractivity contribution is 0.577. The van der Waals surface area contributed by atoms with Gasteiger partial charge in [-0.25, -0.2) is 13.1 Å². The standard InChI is InChI=1S/C14H18N4O2S/c19-21(20,13-7-9-16-18-13)17-10-6-12-4-1-3-11-5-2-8-15-14(11)12/h1,3-4,7,9,15,17H,2,5-6,8,10H2,(H,16,18). The van der Waals surface area contributed by atoms with E-state index in [9.17, 15) is 8.42 Å². The van der Waals surface area contributed by atoms with Gasteiger partial charge < -0.3 is 5.32 Å². The summed E-state index contributed by atoms with van der Waals surface area (Å²) in [7, 11) is -3.50. The highest BCUT2D eigenvalue weighted by Crippen LogP contribution is 2.26. The third kappa shape index (κ3) is 3.08. The van der Waals surface area contributed by atoms with Gasteiger partial charge in [0.05, 0.1) is 6.20 Å². The fourth-order valence-electron chi connectivity index (χ4n) is 2.58. The molecule has 2 heterocycles. The van der Waals surface area contributed by atoms with Crippen molar-refractivity contribution in [2.24, 2.45) is 0 Å². The highest BCUT2D eigenvalue weighted by Gasteiger charge is 2.16. The summed E-state index contributed by atoms with van der Waals surface area (Å²) in [5.41, 5.74) is 3.64. The molecule has 2 aromatic rings. The zero-order valence-corrected chi connectivity index (χ0v) is 12.4. The lowest BCUT2D eigenvalue weighted by Crippen LogP contribution is -2.26. The first kappa shape index (κ1) is 14.1. The monoisotopic (exact) mass is 306 g/mol. The fraction of sp³-hybridized carbons (Fsp3) is 0.357. The molecule has 0 bridgehead atoms. The summed E-state index contributed by atoms with van der Waals surface area (Å²) in [6, 6.07) is 7.64. The van der Waals surface area contributed by atoms with Crippen LogP contribution in [0, 0.1) is 0 Å². The van der Waals surface area contributed by atoms with Gasteiger partial charge in [-0.05, 0) is 36.5 Å². The summed E-state index contributed by atoms with van der Waals surface area (Å²) in [4.78, 5) is 0. The second kappa shape index (κ2) is 5.87. The van der Waals surface area contributed by atoms with Crippen LogP contribution in [0.25, 0.3) is 0 Å². The zero-order valence-electron chi connectivity index (χ0n) is 11.6. The molecule has 1 aromatic heterocycles. The number of nitrogens with zero attached hydrogens (tertiary/aromatic N) is 1. The first-order valence-corrected chi connectivity index (χ1v) is 8.49. The van der Waals surface area contributed by atoms with Crippen LogP contribution in [0.3, 0.4) is 0 Å². The minimum Gasteiger partial charge on any atom is -0.385 e. The van der Waals surface area contributed by atoms with Gasteiger partial charge in [-0.2, -0.15) is 5.10 Å². The number of aromatic amines is 1. The Balaban J connectivity index is 1.66. The van der Waals surface area contributed by atoms with Gasteiger partial charge in [0.2, 0.25) is 0 Å². The Hall–Kier alpha value is -1.86. The number of rotatable bonds is 5. The first-order chi connectivity index (χ1) is 10.2. The summed E-state index contributed by atoms with van der Waals surface area (Å²) >= 11 is 0. The number of hydrogen-bond acceptors (Lipinski definition) is 4. The van der Waals surface area contributed by atoms with E-state index >= 15 is 0 Å². The predicted molar refractivity (Wildman–Crippen MR) is 80.7 cm³/mol. The summed E-state index contributed by atoms with van der Waals surface area (Å²) in [5.74, 6) is 0. The average Bonchev–Trinajstić information content (AvgIpc) is 3.02. The smallest absolute Gasteiger partial charge is 0.257 e. The second-order valence-electron chi connectivity index (χ2n) is 5.05. The minimum absolute atomic E-state index is 0.0933. The van der Waals surface area contributed by atoms with Crippen molar-refractivity contribution < 1.29 is 8.42 Å². The maximum atomic E-state index is 12.0. The van der Waals surface area contributed by atoms with Gasteiger partial charge in [-0.15, -0.1) is 0 Å². The number of nitrogens with one attached hydrogen (secondary N) is 3. The molecule has 1 aliphatic heterocycles. The molecule has 3 N–H and O–H groups in total. The minimum atomic E-state index is -3.50. The van der Waals surface area contributed by atoms with E-state index in [1.165, 1.54) is 23.5 Å². The Kier molecular flexibility index (Phi) is 3.94. The van der Waals surface area contributed by atoms with Gasteiger partial charge in [-0.3, -0.25) is 5.10 Å². The van der Waals surface area contributed by atoms with Gasteiger partial charge in [0.15, 0.2) is 5.03 Å². The lowest BCUT2D eigenvalue weighted by atomic mass is 9.98. The van der Waals surface area contributed by atoms with Crippen molar-refractivity contribution in [3.8, 4) is 0 Å². The Morgan fingerprint density at radius 1 is 1.29 bits per heavy atom. The number of anilines is 1. The zero-order chi connectivity index (χ0) is 14.7. The van der Waals surface area contributed by atoms with E-state index in [0.29, 0.717) is 13.0 Å². The highest BCUT2D eigenvalue weighted by atomic mass is 32.2. The number of benzene rings is 1. The third-order valence-corrected chi connectivity index (χ3v) is 5.00. The molecule has 7 heteroatoms. The van der Waals surface area contributed by atoms with Crippen LogP contribution in [-0.2, 0) is 22.9 Å². The van der Waals surface area contributed by atoms with Crippen molar-refractivity contribution in [3.63, 3.8) is 0 Å². The molecule has 3 rings (SSSR count). The molecular weight excluding hydrogens is 288 g/mol. The van der Waals surface area contributed by atoms with Crippen LogP contribution >= 0.6 is 0 Å². The molecule has 0 unspecified atom stereocenters. The van der Waals surface area contributed by atoms with E-state index in [1.54, 1.807) is 0 Å². The molecule has 0 saturated heterocycles. The number of H-pyrrole nitrogens is 1. The lowest BCUT2D eigenvalue weighted by Gasteiger charge is -2.21. The van der Waals surface area contributed by atoms with E-state index in [1.807, 2.05) is 12.1 Å². The van der Waals surface area contributed by atoms with E-state index in [2.05, 4.69) is 26.3 Å². The second-order valence-corrected chi connectivity index (χ2v) is 6.79. The Morgan fingerprint density at radius 3 is 3.00 bits per heavy atom. The van der Waals surface area contributed by atoms with Gasteiger partial charge in [0, 0.05) is 18.8 Å². The van der Waals surface area contributed by atoms with Gasteiger partial charge in [0.25, 0.3) is 10.0 Å². The van der Waals surface area contributed by atoms with Crippen molar-refractivity contribution in [1.29, 1.82) is 0 Å². The van der Waals surface area contributed by atoms with E-state index < -0.39 is 10.0 Å². The molecule has 0 spiro atoms. The molecule has 0 radical (unpaired) electrons. The van der Waals surface area contributed by atoms with Crippen LogP contribution in [0.2, 0.25) is 0 Å². The molecule has 112 valence electrons. The number of para-hydroxylation sites is 1. The number of aromatic nitrogens is 2. The van der Waals surface area contributed by atoms with Crippen LogP contribution in [0.5, 0.6) is 0 Å². The molecule has 6 nitrogen and oxygen atoms in total. The summed E-state index contributed by atoms with van der Waals surface area (Å²) in [6.45, 7) is 1.34. The van der Waals surface area contributed by atoms with Crippen molar-refractivity contribution in [1.82, 2.24) is 14.9 Å². The van der Waals surface area contributed by atoms with Crippen molar-refractivity contribution in [2.75, 3.05) is 18.4 Å². The predicted octanol–water partition coefficient (Wildman–Crippen LogP) is 1.29. The molecule has 0 amide bonds. The molecular formula is C14H18N4O2S. The fourth-order valence-corrected chi connectivity index (χ4v) is 3.52. The van der Waals surface area contributed by atoms with Gasteiger partial charge >= 0.3 is 0 Å². The maximum absolute atomic E-state index is 12.0. The average molecular weight is 306 g/mol. The van der Waals surface area contributed by atoms with Crippen LogP contribution < -0.4 is 10.0 Å². The number of hydrogen-bond donors (Lipinski definition) is 3. The van der Waals surface area contributed by atoms with Crippen LogP contribution in [0.4, 0.5) is 5.69 Å². The topological polar surface area (TPSA) is 86.9 Å². The SMILES string of the molecule is O=S(=O)(NCCc1cccc2c1NCCC2)c1ccn[nH]1. The highest BCUT2D eigenvalue weighted by molar-refractivity contribution is 7.89. The third-order valence-electron chi connectivity index (χ3n) is 3.61. The first-order valence-electron chi connectivity index (χ1n) is 7.00. The van der Waals surface area contributed by atoms with Crippen LogP contribution in [-0.4, -0.2) is 31.7 Å². The van der Waals surface area contributed by atoms with Crippen molar-refractivity contribution in [3.05, 3.63) is 41.6 Å². The Labute approximate surface area is 124 Å². The Morgan fingerprint density at radius 2 is 2.19 bits per heavy atom. The van der Waals surface area contributed by atoms with E-state index in [-0.39, 0.29) is 5.03 Å². The van der Waals surface area contributed by atoms with E-state index in [0.717, 1.165) is 24.9 Å². The quantitative estimate of drug-likeness (QED) is 0.777. The van der Waals surface area contributed by atoms with Crippen LogP contribution in [0.1, 0.15) is 17.5 Å². The summed E-state index contributed by atoms with van der Waals surface area (Å²) in [5, 5.41) is 9.63. The Bertz CT molecular complexity index is 711. The molecule has 1 aromatic carbocycles. The molecule has 1 aliphatic rings. The number of aryl methyl sites for hydroxylation is 1. The van der Waals surface area contributed by atoms with Crippen molar-refractivity contribution in [2.45, 2.75) is 24.3 Å². The molecule has 0 saturated carbocycles. The number of fused-ring (bicyclic) bond motifs is 1. The molecule has 0 fully saturated rings. The van der Waals surface area contributed by atoms with E-state index in [4.69, 9.17) is 0 Å². The largest absolute Gasteiger partial charge is 0.385 e. The molecule has 0 aliphatic carbocycles. The number of sulfonamides is 1. The van der Waals surface area contributed by atoms with Crippen LogP contribution in [0.15, 0.2) is 35.5 Å². The molecule has 0 atom stereocenters. The van der Waals surface area contributed by atoms with Gasteiger partial charge in [0.1, 0.15) is 0 Å². The normalized spacial score (nSPS) is 14.5. The summed E-state index contributed by atoms with van der Waals surface area (Å²) in [6.07, 6.45) is 4.30. The maximum Gasteiger partial charge on any atom is 0.257 e. The van der Waals surface area contributed by atoms with Gasteiger partial charge in [-0.1, -0.05) is 18.2 Å².